The largest absolute Gasteiger partial charge is 0.461 e. The summed E-state index contributed by atoms with van der Waals surface area (Å²) in [4.78, 5) is 41.2. The molecular formula is C24H29BrN6O4. The lowest BCUT2D eigenvalue weighted by Gasteiger charge is -2.33. The molecule has 1 fully saturated rings. The Hall–Kier alpha value is -3.21. The van der Waals surface area contributed by atoms with E-state index in [1.165, 1.54) is 11.2 Å². The van der Waals surface area contributed by atoms with E-state index in [0.29, 0.717) is 21.6 Å². The predicted molar refractivity (Wildman–Crippen MR) is 135 cm³/mol. The van der Waals surface area contributed by atoms with Crippen LogP contribution in [0, 0.1) is 0 Å². The van der Waals surface area contributed by atoms with Gasteiger partial charge >= 0.3 is 12.1 Å². The molecule has 35 heavy (non-hydrogen) atoms. The highest BCUT2D eigenvalue weighted by molar-refractivity contribution is 9.10. The number of esters is 1. The van der Waals surface area contributed by atoms with Crippen molar-refractivity contribution in [3.63, 3.8) is 0 Å². The van der Waals surface area contributed by atoms with Crippen molar-refractivity contribution in [2.75, 3.05) is 10.6 Å². The molecule has 186 valence electrons. The van der Waals surface area contributed by atoms with E-state index in [4.69, 9.17) is 15.2 Å². The molecular weight excluding hydrogens is 516 g/mol. The maximum Gasteiger partial charge on any atom is 0.415 e. The number of imidazole rings is 1. The highest BCUT2D eigenvalue weighted by Gasteiger charge is 2.38. The summed E-state index contributed by atoms with van der Waals surface area (Å²) in [5.41, 5.74) is 6.54. The summed E-state index contributed by atoms with van der Waals surface area (Å²) in [6, 6.07) is 7.87. The number of amides is 1. The first-order valence-corrected chi connectivity index (χ1v) is 12.3. The van der Waals surface area contributed by atoms with Gasteiger partial charge in [-0.15, -0.1) is 0 Å². The van der Waals surface area contributed by atoms with E-state index in [-0.39, 0.29) is 18.5 Å². The van der Waals surface area contributed by atoms with Crippen LogP contribution in [-0.2, 0) is 20.8 Å². The number of anilines is 2. The SMILES string of the molecule is CC(C)(C)OC(=O)N(c1ccccc1)[C@@H](Cn1c(Br)nc2c(N)ncnc21)C(=O)OC1CCCC1. The number of ether oxygens (including phenoxy) is 2. The number of aromatic nitrogens is 4. The van der Waals surface area contributed by atoms with Crippen molar-refractivity contribution in [3.05, 3.63) is 41.4 Å². The molecule has 0 spiro atoms. The second kappa shape index (κ2) is 10.2. The predicted octanol–water partition coefficient (Wildman–Crippen LogP) is 4.47. The van der Waals surface area contributed by atoms with Gasteiger partial charge in [0.2, 0.25) is 0 Å². The summed E-state index contributed by atoms with van der Waals surface area (Å²) in [5.74, 6) is -0.311. The van der Waals surface area contributed by atoms with Gasteiger partial charge in [-0.05, 0) is 74.5 Å². The normalized spacial score (nSPS) is 15.2. The third-order valence-corrected chi connectivity index (χ3v) is 6.27. The highest BCUT2D eigenvalue weighted by atomic mass is 79.9. The quantitative estimate of drug-likeness (QED) is 0.355. The second-order valence-corrected chi connectivity index (χ2v) is 10.2. The van der Waals surface area contributed by atoms with Crippen molar-refractivity contribution in [3.8, 4) is 0 Å². The third-order valence-electron chi connectivity index (χ3n) is 5.66. The lowest BCUT2D eigenvalue weighted by molar-refractivity contribution is -0.150. The Balaban J connectivity index is 1.78. The maximum absolute atomic E-state index is 13.6. The number of carbonyl (C=O) groups excluding carboxylic acids is 2. The van der Waals surface area contributed by atoms with Crippen molar-refractivity contribution < 1.29 is 19.1 Å². The number of nitrogen functional groups attached to an aromatic ring is 1. The molecule has 1 atom stereocenters. The summed E-state index contributed by atoms with van der Waals surface area (Å²) in [6.45, 7) is 5.34. The zero-order valence-electron chi connectivity index (χ0n) is 20.0. The molecule has 0 bridgehead atoms. The van der Waals surface area contributed by atoms with E-state index in [1.54, 1.807) is 49.6 Å². The zero-order valence-corrected chi connectivity index (χ0v) is 21.6. The molecule has 10 nitrogen and oxygen atoms in total. The van der Waals surface area contributed by atoms with Crippen LogP contribution in [0.5, 0.6) is 0 Å². The molecule has 1 aliphatic carbocycles. The van der Waals surface area contributed by atoms with E-state index in [0.717, 1.165) is 25.7 Å². The first-order valence-electron chi connectivity index (χ1n) is 11.5. The fourth-order valence-electron chi connectivity index (χ4n) is 4.09. The smallest absolute Gasteiger partial charge is 0.415 e. The summed E-state index contributed by atoms with van der Waals surface area (Å²) >= 11 is 3.44. The molecule has 0 unspecified atom stereocenters. The van der Waals surface area contributed by atoms with Crippen molar-refractivity contribution in [1.29, 1.82) is 0 Å². The first-order chi connectivity index (χ1) is 16.6. The molecule has 11 heteroatoms. The van der Waals surface area contributed by atoms with Crippen LogP contribution in [0.3, 0.4) is 0 Å². The summed E-state index contributed by atoms with van der Waals surface area (Å²) in [5, 5.41) is 0. The Morgan fingerprint density at radius 2 is 1.89 bits per heavy atom. The van der Waals surface area contributed by atoms with Crippen LogP contribution in [0.4, 0.5) is 16.3 Å². The molecule has 2 heterocycles. The van der Waals surface area contributed by atoms with Gasteiger partial charge in [-0.1, -0.05) is 18.2 Å². The van der Waals surface area contributed by atoms with Crippen LogP contribution in [0.25, 0.3) is 11.2 Å². The number of nitrogens with two attached hydrogens (primary N) is 1. The maximum atomic E-state index is 13.6. The number of para-hydroxylation sites is 1. The van der Waals surface area contributed by atoms with Gasteiger partial charge < -0.3 is 19.8 Å². The van der Waals surface area contributed by atoms with Gasteiger partial charge in [-0.2, -0.15) is 0 Å². The summed E-state index contributed by atoms with van der Waals surface area (Å²) < 4.78 is 13.7. The Bertz CT molecular complexity index is 1200. The topological polar surface area (TPSA) is 125 Å². The number of hydrogen-bond donors (Lipinski definition) is 1. The van der Waals surface area contributed by atoms with E-state index >= 15 is 0 Å². The number of carbonyl (C=O) groups is 2. The van der Waals surface area contributed by atoms with Crippen LogP contribution >= 0.6 is 15.9 Å². The lowest BCUT2D eigenvalue weighted by Crippen LogP contribution is -2.50. The lowest BCUT2D eigenvalue weighted by atomic mass is 10.2. The molecule has 3 aromatic rings. The van der Waals surface area contributed by atoms with Gasteiger partial charge in [0.1, 0.15) is 18.0 Å². The van der Waals surface area contributed by atoms with E-state index in [1.807, 2.05) is 6.07 Å². The minimum Gasteiger partial charge on any atom is -0.461 e. The van der Waals surface area contributed by atoms with Crippen molar-refractivity contribution in [2.45, 2.75) is 70.7 Å². The van der Waals surface area contributed by atoms with Gasteiger partial charge in [0.05, 0.1) is 6.54 Å². The van der Waals surface area contributed by atoms with Crippen LogP contribution < -0.4 is 10.6 Å². The molecule has 0 radical (unpaired) electrons. The highest BCUT2D eigenvalue weighted by Crippen LogP contribution is 2.28. The zero-order chi connectivity index (χ0) is 25.2. The standard InChI is InChI=1S/C24H29BrN6O4/c1-24(2,3)35-23(33)31(15-9-5-4-6-10-15)17(21(32)34-16-11-7-8-12-16)13-30-20-18(29-22(30)25)19(26)27-14-28-20/h4-6,9-10,14,16-17H,7-8,11-13H2,1-3H3,(H2,26,27,28)/t17-/m0/s1. The van der Waals surface area contributed by atoms with Crippen LogP contribution in [0.15, 0.2) is 41.4 Å². The van der Waals surface area contributed by atoms with E-state index in [9.17, 15) is 9.59 Å². The van der Waals surface area contributed by atoms with Gasteiger partial charge in [0, 0.05) is 5.69 Å². The molecule has 2 aromatic heterocycles. The van der Waals surface area contributed by atoms with Gasteiger partial charge in [-0.3, -0.25) is 4.90 Å². The monoisotopic (exact) mass is 544 g/mol. The number of rotatable bonds is 6. The van der Waals surface area contributed by atoms with Gasteiger partial charge in [-0.25, -0.2) is 24.5 Å². The number of hydrogen-bond acceptors (Lipinski definition) is 8. The summed E-state index contributed by atoms with van der Waals surface area (Å²) in [6.07, 6.45) is 4.11. The van der Waals surface area contributed by atoms with Crippen LogP contribution in [-0.4, -0.2) is 49.3 Å². The molecule has 1 saturated carbocycles. The Kier molecular flexibility index (Phi) is 7.25. The van der Waals surface area contributed by atoms with Crippen molar-refractivity contribution in [1.82, 2.24) is 19.5 Å². The average molecular weight is 545 g/mol. The summed E-state index contributed by atoms with van der Waals surface area (Å²) in [7, 11) is 0. The molecule has 1 aliphatic rings. The number of nitrogens with zero attached hydrogens (tertiary/aromatic N) is 5. The Morgan fingerprint density at radius 3 is 2.54 bits per heavy atom. The number of fused-ring (bicyclic) bond motifs is 1. The number of benzene rings is 1. The Labute approximate surface area is 212 Å². The van der Waals surface area contributed by atoms with Gasteiger partial charge in [0.15, 0.2) is 27.8 Å². The average Bonchev–Trinajstić information content (AvgIpc) is 3.41. The van der Waals surface area contributed by atoms with E-state index < -0.39 is 23.7 Å². The van der Waals surface area contributed by atoms with Crippen molar-refractivity contribution in [2.24, 2.45) is 0 Å². The third kappa shape index (κ3) is 5.72. The molecule has 1 aromatic carbocycles. The van der Waals surface area contributed by atoms with Crippen LogP contribution in [0.1, 0.15) is 46.5 Å². The Morgan fingerprint density at radius 1 is 1.20 bits per heavy atom. The minimum absolute atomic E-state index is 0.00717. The number of halogens is 1. The molecule has 2 N–H and O–H groups in total. The van der Waals surface area contributed by atoms with E-state index in [2.05, 4.69) is 30.9 Å². The molecule has 1 amide bonds. The van der Waals surface area contributed by atoms with Crippen LogP contribution in [0.2, 0.25) is 0 Å². The van der Waals surface area contributed by atoms with Gasteiger partial charge in [0.25, 0.3) is 0 Å². The fourth-order valence-corrected chi connectivity index (χ4v) is 4.58. The first kappa shape index (κ1) is 24.9. The minimum atomic E-state index is -1.06. The molecule has 4 rings (SSSR count). The fraction of sp³-hybridized carbons (Fsp3) is 0.458. The van der Waals surface area contributed by atoms with Crippen molar-refractivity contribution >= 4 is 50.7 Å². The molecule has 0 saturated heterocycles. The molecule has 0 aliphatic heterocycles. The second-order valence-electron chi connectivity index (χ2n) is 9.47.